The van der Waals surface area contributed by atoms with Gasteiger partial charge in [0.05, 0.1) is 12.2 Å². The van der Waals surface area contributed by atoms with E-state index < -0.39 is 32.4 Å². The Bertz CT molecular complexity index is 1600. The number of benzene rings is 3. The zero-order valence-corrected chi connectivity index (χ0v) is 28.7. The van der Waals surface area contributed by atoms with Crippen LogP contribution in [0.5, 0.6) is 0 Å². The molecule has 0 spiro atoms. The Morgan fingerprint density at radius 3 is 2.22 bits per heavy atom. The minimum atomic E-state index is -2.94. The number of carbonyl (C=O) groups excluding carboxylic acids is 1. The van der Waals surface area contributed by atoms with E-state index in [1.807, 2.05) is 36.4 Å². The molecule has 4 aromatic rings. The lowest BCUT2D eigenvalue weighted by atomic mass is 9.90. The van der Waals surface area contributed by atoms with Crippen LogP contribution in [0.1, 0.15) is 63.9 Å². The van der Waals surface area contributed by atoms with Crippen molar-refractivity contribution >= 4 is 51.9 Å². The summed E-state index contributed by atoms with van der Waals surface area (Å²) in [4.78, 5) is 25.2. The molecule has 240 valence electrons. The predicted molar refractivity (Wildman–Crippen MR) is 190 cm³/mol. The minimum Gasteiger partial charge on any atom is -0.481 e. The maximum absolute atomic E-state index is 13.3. The third-order valence-corrected chi connectivity index (χ3v) is 15.2. The second-order valence-corrected chi connectivity index (χ2v) is 18.6. The van der Waals surface area contributed by atoms with Gasteiger partial charge in [0.1, 0.15) is 5.78 Å². The zero-order chi connectivity index (χ0) is 32.7. The number of thiophene rings is 1. The van der Waals surface area contributed by atoms with E-state index in [9.17, 15) is 14.7 Å². The van der Waals surface area contributed by atoms with Crippen molar-refractivity contribution in [3.8, 4) is 0 Å². The predicted octanol–water partition coefficient (Wildman–Crippen LogP) is 7.84. The summed E-state index contributed by atoms with van der Waals surface area (Å²) >= 11 is 1.71. The van der Waals surface area contributed by atoms with E-state index in [1.165, 1.54) is 15.1 Å². The number of unbranched alkanes of at least 4 members (excludes halogenated alkanes) is 1. The van der Waals surface area contributed by atoms with Gasteiger partial charge >= 0.3 is 5.97 Å². The van der Waals surface area contributed by atoms with Crippen molar-refractivity contribution in [2.75, 3.05) is 0 Å². The van der Waals surface area contributed by atoms with E-state index >= 15 is 0 Å². The van der Waals surface area contributed by atoms with Gasteiger partial charge in [-0.1, -0.05) is 124 Å². The van der Waals surface area contributed by atoms with Crippen LogP contribution in [0.15, 0.2) is 115 Å². The Morgan fingerprint density at radius 2 is 1.61 bits per heavy atom. The molecule has 5 rings (SSSR count). The molecule has 0 unspecified atom stereocenters. The molecule has 1 aliphatic carbocycles. The van der Waals surface area contributed by atoms with Crippen LogP contribution in [-0.2, 0) is 14.0 Å². The number of carbonyl (C=O) groups is 2. The van der Waals surface area contributed by atoms with Crippen LogP contribution < -0.4 is 10.4 Å². The topological polar surface area (TPSA) is 83.8 Å². The first-order valence-corrected chi connectivity index (χ1v) is 18.9. The first-order chi connectivity index (χ1) is 22.1. The highest BCUT2D eigenvalue weighted by molar-refractivity contribution is 7.19. The van der Waals surface area contributed by atoms with E-state index in [2.05, 4.69) is 99.6 Å². The average molecular weight is 653 g/mol. The lowest BCUT2D eigenvalue weighted by Crippen LogP contribution is -2.66. The summed E-state index contributed by atoms with van der Waals surface area (Å²) in [6.45, 7) is 6.79. The van der Waals surface area contributed by atoms with Crippen LogP contribution in [0.25, 0.3) is 10.1 Å². The van der Waals surface area contributed by atoms with Gasteiger partial charge in [-0.05, 0) is 52.2 Å². The number of carboxylic acid groups (broad SMARTS) is 1. The molecule has 5 nitrogen and oxygen atoms in total. The molecule has 2 N–H and O–H groups in total. The molecular formula is C39H44O5SSi. The summed E-state index contributed by atoms with van der Waals surface area (Å²) < 4.78 is 8.80. The monoisotopic (exact) mass is 652 g/mol. The Morgan fingerprint density at radius 1 is 0.978 bits per heavy atom. The fourth-order valence-electron chi connectivity index (χ4n) is 6.70. The van der Waals surface area contributed by atoms with Gasteiger partial charge < -0.3 is 14.6 Å². The van der Waals surface area contributed by atoms with Gasteiger partial charge in [0.15, 0.2) is 0 Å². The van der Waals surface area contributed by atoms with Crippen molar-refractivity contribution in [3.05, 3.63) is 120 Å². The molecule has 0 amide bonds. The third kappa shape index (κ3) is 7.50. The van der Waals surface area contributed by atoms with Crippen molar-refractivity contribution in [3.63, 3.8) is 0 Å². The molecule has 1 aliphatic rings. The van der Waals surface area contributed by atoms with E-state index in [4.69, 9.17) is 9.53 Å². The highest BCUT2D eigenvalue weighted by atomic mass is 32.1. The maximum Gasteiger partial charge on any atom is 0.303 e. The number of ketones is 1. The molecule has 1 heterocycles. The first-order valence-electron chi connectivity index (χ1n) is 16.1. The molecule has 7 heteroatoms. The molecule has 3 aromatic carbocycles. The fraction of sp³-hybridized carbons (Fsp3) is 0.333. The van der Waals surface area contributed by atoms with Crippen molar-refractivity contribution < 1.29 is 24.2 Å². The number of fused-ring (bicyclic) bond motifs is 1. The van der Waals surface area contributed by atoms with E-state index in [1.54, 1.807) is 11.3 Å². The number of carboxylic acids is 1. The summed E-state index contributed by atoms with van der Waals surface area (Å²) in [7, 11) is -2.94. The Kier molecular flexibility index (Phi) is 10.9. The fourth-order valence-corrected chi connectivity index (χ4v) is 12.5. The number of aliphatic hydroxyl groups excluding tert-OH is 1. The van der Waals surface area contributed by atoms with Crippen molar-refractivity contribution in [1.82, 2.24) is 0 Å². The lowest BCUT2D eigenvalue weighted by molar-refractivity contribution is -0.137. The summed E-state index contributed by atoms with van der Waals surface area (Å²) in [6.07, 6.45) is 8.90. The standard InChI is InChI=1S/C39H44O5SSi/c1-39(2,3)46(29-17-8-6-9-18-29,30-19-10-7-11-20-30)44-35(37-26-28-16-14-15-22-36(28)45-37)25-24-32-31(33(40)27-34(32)41)21-12-4-5-13-23-38(42)43/h4,6-12,14-20,22,24-26,31-33,35,40H,5,13,21,23,27H2,1-3H3,(H,42,43)/b12-4?,25-24+/t31-,32-,33+,35-/m1/s1. The summed E-state index contributed by atoms with van der Waals surface area (Å²) in [5, 5.41) is 23.1. The van der Waals surface area contributed by atoms with Gasteiger partial charge in [0.25, 0.3) is 8.32 Å². The van der Waals surface area contributed by atoms with Gasteiger partial charge in [0.2, 0.25) is 0 Å². The largest absolute Gasteiger partial charge is 0.481 e. The van der Waals surface area contributed by atoms with Crippen LogP contribution in [0, 0.1) is 11.8 Å². The number of aliphatic carboxylic acids is 1. The number of hydrogen-bond acceptors (Lipinski definition) is 5. The van der Waals surface area contributed by atoms with Crippen LogP contribution in [0.3, 0.4) is 0 Å². The minimum absolute atomic E-state index is 0.0357. The number of rotatable bonds is 13. The Balaban J connectivity index is 1.54. The molecule has 1 fully saturated rings. The molecule has 0 bridgehead atoms. The Hall–Kier alpha value is -3.62. The normalized spacial score (nSPS) is 19.8. The molecule has 1 aromatic heterocycles. The van der Waals surface area contributed by atoms with Gasteiger partial charge in [-0.2, -0.15) is 0 Å². The molecule has 0 saturated heterocycles. The summed E-state index contributed by atoms with van der Waals surface area (Å²) in [6, 6.07) is 31.7. The second kappa shape index (κ2) is 14.9. The van der Waals surface area contributed by atoms with Gasteiger partial charge in [0, 0.05) is 34.3 Å². The number of aliphatic hydroxyl groups is 1. The molecule has 46 heavy (non-hydrogen) atoms. The van der Waals surface area contributed by atoms with Crippen LogP contribution >= 0.6 is 11.3 Å². The van der Waals surface area contributed by atoms with Crippen LogP contribution in [0.2, 0.25) is 5.04 Å². The van der Waals surface area contributed by atoms with Crippen LogP contribution in [0.4, 0.5) is 0 Å². The lowest BCUT2D eigenvalue weighted by Gasteiger charge is -2.44. The summed E-state index contributed by atoms with van der Waals surface area (Å²) in [5.74, 6) is -1.44. The highest BCUT2D eigenvalue weighted by Gasteiger charge is 2.51. The Labute approximate surface area is 277 Å². The molecule has 1 saturated carbocycles. The zero-order valence-electron chi connectivity index (χ0n) is 26.8. The quantitative estimate of drug-likeness (QED) is 0.0874. The number of hydrogen-bond donors (Lipinski definition) is 2. The van der Waals surface area contributed by atoms with Gasteiger partial charge in [-0.15, -0.1) is 11.3 Å². The molecule has 4 atom stereocenters. The van der Waals surface area contributed by atoms with Crippen molar-refractivity contribution in [1.29, 1.82) is 0 Å². The smallest absolute Gasteiger partial charge is 0.303 e. The van der Waals surface area contributed by atoms with Gasteiger partial charge in [-0.3, -0.25) is 9.59 Å². The third-order valence-electron chi connectivity index (χ3n) is 9.01. The van der Waals surface area contributed by atoms with Crippen molar-refractivity contribution in [2.45, 2.75) is 70.1 Å². The summed E-state index contributed by atoms with van der Waals surface area (Å²) in [5.41, 5.74) is 0. The van der Waals surface area contributed by atoms with E-state index in [0.29, 0.717) is 19.3 Å². The SMILES string of the molecule is CC(C)(C)[Si](O[C@H](/C=C/[C@H]1C(=O)C[C@H](O)[C@@H]1CC=CCCCC(=O)O)c1cc2ccccc2s1)(c1ccccc1)c1ccccc1. The number of allylic oxidation sites excluding steroid dienone is 3. The van der Waals surface area contributed by atoms with Gasteiger partial charge in [-0.25, -0.2) is 0 Å². The number of Topliss-reactive ketones (excluding diaryl/α,β-unsaturated/α-hetero) is 1. The highest BCUT2D eigenvalue weighted by Crippen LogP contribution is 2.43. The molecule has 0 aliphatic heterocycles. The molecule has 0 radical (unpaired) electrons. The molecular weight excluding hydrogens is 609 g/mol. The van der Waals surface area contributed by atoms with E-state index in [0.717, 1.165) is 10.3 Å². The second-order valence-electron chi connectivity index (χ2n) is 13.2. The van der Waals surface area contributed by atoms with E-state index in [-0.39, 0.29) is 29.6 Å². The average Bonchev–Trinajstić information content (AvgIpc) is 3.58. The van der Waals surface area contributed by atoms with Crippen LogP contribution in [-0.4, -0.2) is 36.4 Å². The van der Waals surface area contributed by atoms with Crippen molar-refractivity contribution in [2.24, 2.45) is 11.8 Å². The first kappa shape index (κ1) is 33.7. The maximum atomic E-state index is 13.3.